The third-order valence-corrected chi connectivity index (χ3v) is 5.06. The Morgan fingerprint density at radius 3 is 2.67 bits per heavy atom. The van der Waals surface area contributed by atoms with Gasteiger partial charge in [-0.25, -0.2) is 14.6 Å². The van der Waals surface area contributed by atoms with Crippen molar-refractivity contribution in [1.82, 2.24) is 10.3 Å². The zero-order chi connectivity index (χ0) is 21.5. The van der Waals surface area contributed by atoms with E-state index in [4.69, 9.17) is 14.2 Å². The highest BCUT2D eigenvalue weighted by atomic mass is 16.5. The quantitative estimate of drug-likeness (QED) is 0.728. The number of anilines is 1. The monoisotopic (exact) mass is 413 g/mol. The molecule has 30 heavy (non-hydrogen) atoms. The lowest BCUT2D eigenvalue weighted by atomic mass is 10.0. The van der Waals surface area contributed by atoms with E-state index in [-0.39, 0.29) is 18.8 Å². The standard InChI is InChI=1S/C22H27N3O5/c1-15-11-17(21(26)29-3)12-20(23-15)25-10-9-18(19(13-25)28-2)24-22(27)30-14-16-7-5-4-6-8-16/h4-8,11-12,18-19H,9-10,13-14H2,1-3H3,(H,24,27). The SMILES string of the molecule is COC(=O)c1cc(C)nc(N2CCC(NC(=O)OCc3ccccc3)C(OC)C2)c1. The molecule has 1 saturated heterocycles. The molecule has 2 heterocycles. The lowest BCUT2D eigenvalue weighted by Crippen LogP contribution is -2.55. The van der Waals surface area contributed by atoms with E-state index in [0.29, 0.717) is 30.9 Å². The van der Waals surface area contributed by atoms with Crippen molar-refractivity contribution in [2.24, 2.45) is 0 Å². The van der Waals surface area contributed by atoms with E-state index in [1.165, 1.54) is 7.11 Å². The average Bonchev–Trinajstić information content (AvgIpc) is 2.77. The number of nitrogens with zero attached hydrogens (tertiary/aromatic N) is 2. The van der Waals surface area contributed by atoms with Crippen LogP contribution in [0.2, 0.25) is 0 Å². The highest BCUT2D eigenvalue weighted by molar-refractivity contribution is 5.90. The van der Waals surface area contributed by atoms with Crippen molar-refractivity contribution in [1.29, 1.82) is 0 Å². The normalized spacial score (nSPS) is 18.6. The summed E-state index contributed by atoms with van der Waals surface area (Å²) in [5.41, 5.74) is 2.11. The molecule has 0 aliphatic carbocycles. The van der Waals surface area contributed by atoms with Crippen molar-refractivity contribution < 1.29 is 23.8 Å². The molecule has 0 saturated carbocycles. The number of aromatic nitrogens is 1. The molecular weight excluding hydrogens is 386 g/mol. The molecule has 1 N–H and O–H groups in total. The number of amides is 1. The van der Waals surface area contributed by atoms with Gasteiger partial charge in [-0.15, -0.1) is 0 Å². The largest absolute Gasteiger partial charge is 0.465 e. The molecule has 8 nitrogen and oxygen atoms in total. The predicted octanol–water partition coefficient (Wildman–Crippen LogP) is 2.70. The number of benzene rings is 1. The number of ether oxygens (including phenoxy) is 3. The molecule has 3 rings (SSSR count). The second-order valence-corrected chi connectivity index (χ2v) is 7.17. The van der Waals surface area contributed by atoms with Crippen LogP contribution >= 0.6 is 0 Å². The summed E-state index contributed by atoms with van der Waals surface area (Å²) in [6.45, 7) is 3.23. The molecule has 1 aromatic carbocycles. The van der Waals surface area contributed by atoms with Crippen LogP contribution < -0.4 is 10.2 Å². The molecule has 1 aliphatic heterocycles. The number of piperidine rings is 1. The maximum atomic E-state index is 12.2. The van der Waals surface area contributed by atoms with Gasteiger partial charge in [0.05, 0.1) is 24.8 Å². The Labute approximate surface area is 176 Å². The van der Waals surface area contributed by atoms with E-state index in [2.05, 4.69) is 10.3 Å². The van der Waals surface area contributed by atoms with Crippen LogP contribution in [0.15, 0.2) is 42.5 Å². The molecule has 8 heteroatoms. The first-order chi connectivity index (χ1) is 14.5. The number of pyridine rings is 1. The first kappa shape index (κ1) is 21.6. The second-order valence-electron chi connectivity index (χ2n) is 7.17. The molecule has 0 bridgehead atoms. The van der Waals surface area contributed by atoms with Crippen molar-refractivity contribution in [3.8, 4) is 0 Å². The van der Waals surface area contributed by atoms with Crippen LogP contribution in [0, 0.1) is 6.92 Å². The van der Waals surface area contributed by atoms with Crippen LogP contribution in [-0.2, 0) is 20.8 Å². The van der Waals surface area contributed by atoms with Gasteiger partial charge in [0.15, 0.2) is 0 Å². The number of hydrogen-bond donors (Lipinski definition) is 1. The molecule has 2 unspecified atom stereocenters. The Morgan fingerprint density at radius 1 is 1.20 bits per heavy atom. The lowest BCUT2D eigenvalue weighted by Gasteiger charge is -2.38. The lowest BCUT2D eigenvalue weighted by molar-refractivity contribution is 0.0544. The number of carbonyl (C=O) groups is 2. The fraction of sp³-hybridized carbons (Fsp3) is 0.409. The summed E-state index contributed by atoms with van der Waals surface area (Å²) in [6.07, 6.45) is -0.0600. The van der Waals surface area contributed by atoms with Crippen molar-refractivity contribution >= 4 is 17.9 Å². The van der Waals surface area contributed by atoms with Crippen LogP contribution in [0.3, 0.4) is 0 Å². The van der Waals surface area contributed by atoms with E-state index in [1.807, 2.05) is 42.2 Å². The molecule has 0 spiro atoms. The minimum absolute atomic E-state index is 0.181. The summed E-state index contributed by atoms with van der Waals surface area (Å²) in [5.74, 6) is 0.283. The first-order valence-electron chi connectivity index (χ1n) is 9.82. The van der Waals surface area contributed by atoms with Gasteiger partial charge in [0.1, 0.15) is 12.4 Å². The van der Waals surface area contributed by atoms with Crippen LogP contribution in [0.5, 0.6) is 0 Å². The summed E-state index contributed by atoms with van der Waals surface area (Å²) in [7, 11) is 2.97. The Morgan fingerprint density at radius 2 is 1.97 bits per heavy atom. The smallest absolute Gasteiger partial charge is 0.407 e. The van der Waals surface area contributed by atoms with Crippen molar-refractivity contribution in [2.75, 3.05) is 32.2 Å². The zero-order valence-corrected chi connectivity index (χ0v) is 17.5. The number of methoxy groups -OCH3 is 2. The molecule has 1 aliphatic rings. The highest BCUT2D eigenvalue weighted by Gasteiger charge is 2.32. The molecule has 1 fully saturated rings. The van der Waals surface area contributed by atoms with Crippen LogP contribution in [0.25, 0.3) is 0 Å². The molecule has 2 aromatic rings. The van der Waals surface area contributed by atoms with E-state index in [9.17, 15) is 9.59 Å². The topological polar surface area (TPSA) is 90.0 Å². The minimum atomic E-state index is -0.471. The van der Waals surface area contributed by atoms with Crippen LogP contribution in [-0.4, -0.2) is 56.5 Å². The van der Waals surface area contributed by atoms with E-state index >= 15 is 0 Å². The number of alkyl carbamates (subject to hydrolysis) is 1. The number of carbonyl (C=O) groups excluding carboxylic acids is 2. The van der Waals surface area contributed by atoms with Gasteiger partial charge in [0.25, 0.3) is 0 Å². The Hall–Kier alpha value is -3.13. The first-order valence-corrected chi connectivity index (χ1v) is 9.82. The third-order valence-electron chi connectivity index (χ3n) is 5.06. The minimum Gasteiger partial charge on any atom is -0.465 e. The molecule has 0 radical (unpaired) electrons. The van der Waals surface area contributed by atoms with Gasteiger partial charge in [0.2, 0.25) is 0 Å². The molecule has 160 valence electrons. The number of esters is 1. The summed E-state index contributed by atoms with van der Waals surface area (Å²) in [4.78, 5) is 30.7. The highest BCUT2D eigenvalue weighted by Crippen LogP contribution is 2.22. The molecule has 1 aromatic heterocycles. The zero-order valence-electron chi connectivity index (χ0n) is 17.5. The molecular formula is C22H27N3O5. The molecule has 1 amide bonds. The fourth-order valence-corrected chi connectivity index (χ4v) is 3.49. The number of rotatable bonds is 6. The van der Waals surface area contributed by atoms with Crippen LogP contribution in [0.4, 0.5) is 10.6 Å². The predicted molar refractivity (Wildman–Crippen MR) is 111 cm³/mol. The summed E-state index contributed by atoms with van der Waals surface area (Å²) >= 11 is 0. The fourth-order valence-electron chi connectivity index (χ4n) is 3.49. The van der Waals surface area contributed by atoms with E-state index in [1.54, 1.807) is 19.2 Å². The number of nitrogens with one attached hydrogen (secondary N) is 1. The summed E-state index contributed by atoms with van der Waals surface area (Å²) in [5, 5.41) is 2.90. The van der Waals surface area contributed by atoms with Gasteiger partial charge in [0, 0.05) is 25.9 Å². The van der Waals surface area contributed by atoms with Crippen molar-refractivity contribution in [2.45, 2.75) is 32.1 Å². The van der Waals surface area contributed by atoms with E-state index < -0.39 is 12.1 Å². The maximum Gasteiger partial charge on any atom is 0.407 e. The summed E-state index contributed by atoms with van der Waals surface area (Å²) < 4.78 is 15.8. The van der Waals surface area contributed by atoms with Gasteiger partial charge in [-0.3, -0.25) is 0 Å². The van der Waals surface area contributed by atoms with Crippen LogP contribution in [0.1, 0.15) is 28.0 Å². The molecule has 2 atom stereocenters. The number of hydrogen-bond acceptors (Lipinski definition) is 7. The van der Waals surface area contributed by atoms with Crippen molar-refractivity contribution in [3.05, 3.63) is 59.3 Å². The Kier molecular flexibility index (Phi) is 7.24. The third kappa shape index (κ3) is 5.48. The number of aryl methyl sites for hydroxylation is 1. The van der Waals surface area contributed by atoms with Gasteiger partial charge in [-0.05, 0) is 31.0 Å². The summed E-state index contributed by atoms with van der Waals surface area (Å²) in [6, 6.07) is 12.8. The average molecular weight is 413 g/mol. The van der Waals surface area contributed by atoms with Gasteiger partial charge in [-0.2, -0.15) is 0 Å². The second kappa shape index (κ2) is 10.1. The Balaban J connectivity index is 1.60. The van der Waals surface area contributed by atoms with Crippen molar-refractivity contribution in [3.63, 3.8) is 0 Å². The van der Waals surface area contributed by atoms with Gasteiger partial charge in [-0.1, -0.05) is 30.3 Å². The Bertz CT molecular complexity index is 874. The van der Waals surface area contributed by atoms with Gasteiger partial charge >= 0.3 is 12.1 Å². The maximum absolute atomic E-state index is 12.2. The van der Waals surface area contributed by atoms with Gasteiger partial charge < -0.3 is 24.4 Å². The van der Waals surface area contributed by atoms with E-state index in [0.717, 1.165) is 11.3 Å².